The number of hydrogen-bond donors (Lipinski definition) is 2. The molecule has 4 aromatic rings. The van der Waals surface area contributed by atoms with Crippen LogP contribution in [0.2, 0.25) is 0 Å². The summed E-state index contributed by atoms with van der Waals surface area (Å²) >= 11 is 0. The number of benzene rings is 3. The van der Waals surface area contributed by atoms with Gasteiger partial charge in [0.25, 0.3) is 11.8 Å². The second-order valence-corrected chi connectivity index (χ2v) is 7.49. The Labute approximate surface area is 200 Å². The zero-order chi connectivity index (χ0) is 24.8. The average molecular weight is 472 g/mol. The van der Waals surface area contributed by atoms with Crippen molar-refractivity contribution < 1.29 is 23.5 Å². The summed E-state index contributed by atoms with van der Waals surface area (Å²) in [6.07, 6.45) is 3.35. The van der Waals surface area contributed by atoms with Gasteiger partial charge < -0.3 is 15.4 Å². The molecule has 3 aromatic carbocycles. The van der Waals surface area contributed by atoms with Crippen LogP contribution in [0.15, 0.2) is 85.2 Å². The van der Waals surface area contributed by atoms with Crippen LogP contribution in [0.3, 0.4) is 0 Å². The molecule has 8 nitrogen and oxygen atoms in total. The third-order valence-corrected chi connectivity index (χ3v) is 5.14. The third kappa shape index (κ3) is 5.41. The second kappa shape index (κ2) is 10.4. The number of para-hydroxylation sites is 1. The van der Waals surface area contributed by atoms with E-state index in [0.29, 0.717) is 16.8 Å². The summed E-state index contributed by atoms with van der Waals surface area (Å²) in [4.78, 5) is 37.7. The summed E-state index contributed by atoms with van der Waals surface area (Å²) in [5.74, 6) is -2.31. The summed E-state index contributed by atoms with van der Waals surface area (Å²) in [6, 6.07) is 18.9. The number of hydrogen-bond acceptors (Lipinski definition) is 5. The molecule has 0 atom stereocenters. The van der Waals surface area contributed by atoms with Crippen molar-refractivity contribution in [2.45, 2.75) is 6.54 Å². The van der Waals surface area contributed by atoms with Crippen LogP contribution in [0.1, 0.15) is 36.6 Å². The molecule has 1 aromatic heterocycles. The van der Waals surface area contributed by atoms with E-state index in [4.69, 9.17) is 4.74 Å². The van der Waals surface area contributed by atoms with Gasteiger partial charge in [0.1, 0.15) is 5.82 Å². The first kappa shape index (κ1) is 23.4. The Morgan fingerprint density at radius 2 is 1.69 bits per heavy atom. The topological polar surface area (TPSA) is 102 Å². The summed E-state index contributed by atoms with van der Waals surface area (Å²) in [5, 5.41) is 9.59. The first-order valence-electron chi connectivity index (χ1n) is 10.6. The lowest BCUT2D eigenvalue weighted by Crippen LogP contribution is -2.24. The van der Waals surface area contributed by atoms with E-state index in [0.717, 1.165) is 0 Å². The van der Waals surface area contributed by atoms with Gasteiger partial charge in [-0.25, -0.2) is 13.9 Å². The molecule has 1 heterocycles. The highest BCUT2D eigenvalue weighted by molar-refractivity contribution is 6.05. The lowest BCUT2D eigenvalue weighted by atomic mass is 10.1. The van der Waals surface area contributed by atoms with Crippen molar-refractivity contribution in [3.63, 3.8) is 0 Å². The van der Waals surface area contributed by atoms with Gasteiger partial charge in [-0.3, -0.25) is 9.59 Å². The van der Waals surface area contributed by atoms with Gasteiger partial charge in [0.2, 0.25) is 0 Å². The molecule has 0 bridgehead atoms. The normalized spacial score (nSPS) is 10.5. The van der Waals surface area contributed by atoms with E-state index in [1.54, 1.807) is 65.6 Å². The minimum atomic E-state index is -0.673. The summed E-state index contributed by atoms with van der Waals surface area (Å²) < 4.78 is 20.4. The Balaban J connectivity index is 1.56. The number of carbonyl (C=O) groups excluding carboxylic acids is 3. The van der Waals surface area contributed by atoms with Crippen molar-refractivity contribution >= 4 is 23.5 Å². The molecule has 9 heteroatoms. The molecule has 2 N–H and O–H groups in total. The monoisotopic (exact) mass is 472 g/mol. The van der Waals surface area contributed by atoms with E-state index in [1.165, 1.54) is 31.4 Å². The number of amides is 2. The van der Waals surface area contributed by atoms with Gasteiger partial charge >= 0.3 is 5.97 Å². The maximum absolute atomic E-state index is 14.0. The van der Waals surface area contributed by atoms with Gasteiger partial charge in [-0.15, -0.1) is 0 Å². The minimum Gasteiger partial charge on any atom is -0.465 e. The third-order valence-electron chi connectivity index (χ3n) is 5.14. The Hall–Kier alpha value is -4.79. The zero-order valence-electron chi connectivity index (χ0n) is 18.7. The molecule has 0 aliphatic heterocycles. The molecule has 0 saturated carbocycles. The highest BCUT2D eigenvalue weighted by Crippen LogP contribution is 2.19. The van der Waals surface area contributed by atoms with Crippen molar-refractivity contribution in [3.8, 4) is 5.69 Å². The van der Waals surface area contributed by atoms with Crippen molar-refractivity contribution in [1.29, 1.82) is 0 Å². The SMILES string of the molecule is COC(=O)c1cc(CNC(=O)c2ccccc2-n2cccn2)cc(NC(=O)c2ccccc2F)c1. The molecule has 4 rings (SSSR count). The Morgan fingerprint density at radius 3 is 2.40 bits per heavy atom. The minimum absolute atomic E-state index is 0.0552. The van der Waals surface area contributed by atoms with E-state index >= 15 is 0 Å². The molecule has 0 saturated heterocycles. The fourth-order valence-electron chi connectivity index (χ4n) is 3.50. The second-order valence-electron chi connectivity index (χ2n) is 7.49. The predicted molar refractivity (Wildman–Crippen MR) is 127 cm³/mol. The molecule has 0 aliphatic rings. The number of halogens is 1. The largest absolute Gasteiger partial charge is 0.465 e. The number of carbonyl (C=O) groups is 3. The number of rotatable bonds is 7. The molecule has 176 valence electrons. The van der Waals surface area contributed by atoms with Gasteiger partial charge in [0.15, 0.2) is 0 Å². The standard InChI is InChI=1S/C26H21FN4O4/c1-35-26(34)18-13-17(14-19(15-18)30-25(33)20-7-2-4-9-22(20)27)16-28-24(32)21-8-3-5-10-23(21)31-12-6-11-29-31/h2-15H,16H2,1H3,(H,28,32)(H,30,33). The number of anilines is 1. The lowest BCUT2D eigenvalue weighted by Gasteiger charge is -2.13. The Morgan fingerprint density at radius 1 is 0.943 bits per heavy atom. The van der Waals surface area contributed by atoms with Crippen molar-refractivity contribution in [3.05, 3.63) is 113 Å². The van der Waals surface area contributed by atoms with Gasteiger partial charge in [0.05, 0.1) is 29.5 Å². The van der Waals surface area contributed by atoms with E-state index in [1.807, 2.05) is 0 Å². The molecule has 0 unspecified atom stereocenters. The highest BCUT2D eigenvalue weighted by atomic mass is 19.1. The van der Waals surface area contributed by atoms with Crippen LogP contribution in [-0.2, 0) is 11.3 Å². The molecule has 2 amide bonds. The van der Waals surface area contributed by atoms with Crippen LogP contribution in [0.25, 0.3) is 5.69 Å². The smallest absolute Gasteiger partial charge is 0.337 e. The fourth-order valence-corrected chi connectivity index (χ4v) is 3.50. The maximum atomic E-state index is 14.0. The van der Waals surface area contributed by atoms with Crippen LogP contribution < -0.4 is 10.6 Å². The molecule has 35 heavy (non-hydrogen) atoms. The van der Waals surface area contributed by atoms with Crippen molar-refractivity contribution in [2.24, 2.45) is 0 Å². The zero-order valence-corrected chi connectivity index (χ0v) is 18.7. The number of methoxy groups -OCH3 is 1. The van der Waals surface area contributed by atoms with Gasteiger partial charge in [-0.05, 0) is 54.1 Å². The van der Waals surface area contributed by atoms with Crippen LogP contribution >= 0.6 is 0 Å². The van der Waals surface area contributed by atoms with Crippen LogP contribution in [-0.4, -0.2) is 34.7 Å². The summed E-state index contributed by atoms with van der Waals surface area (Å²) in [5.41, 5.74) is 1.83. The van der Waals surface area contributed by atoms with Crippen molar-refractivity contribution in [1.82, 2.24) is 15.1 Å². The first-order chi connectivity index (χ1) is 17.0. The molecular weight excluding hydrogens is 451 g/mol. The fraction of sp³-hybridized carbons (Fsp3) is 0.0769. The van der Waals surface area contributed by atoms with E-state index in [-0.39, 0.29) is 29.3 Å². The van der Waals surface area contributed by atoms with Gasteiger partial charge in [-0.1, -0.05) is 24.3 Å². The highest BCUT2D eigenvalue weighted by Gasteiger charge is 2.16. The first-order valence-corrected chi connectivity index (χ1v) is 10.6. The Kier molecular flexibility index (Phi) is 6.96. The van der Waals surface area contributed by atoms with Crippen LogP contribution in [0.4, 0.5) is 10.1 Å². The Bertz CT molecular complexity index is 1390. The summed E-state index contributed by atoms with van der Waals surface area (Å²) in [6.45, 7) is 0.0552. The molecule has 0 fully saturated rings. The molecule has 0 spiro atoms. The number of nitrogens with zero attached hydrogens (tertiary/aromatic N) is 2. The van der Waals surface area contributed by atoms with Gasteiger partial charge in [0, 0.05) is 24.6 Å². The van der Waals surface area contributed by atoms with E-state index in [2.05, 4.69) is 15.7 Å². The van der Waals surface area contributed by atoms with E-state index < -0.39 is 17.7 Å². The molecule has 0 aliphatic carbocycles. The maximum Gasteiger partial charge on any atom is 0.337 e. The molecule has 0 radical (unpaired) electrons. The number of aromatic nitrogens is 2. The van der Waals surface area contributed by atoms with Crippen LogP contribution in [0, 0.1) is 5.82 Å². The molecular formula is C26H21FN4O4. The van der Waals surface area contributed by atoms with E-state index in [9.17, 15) is 18.8 Å². The van der Waals surface area contributed by atoms with Gasteiger partial charge in [-0.2, -0.15) is 5.10 Å². The number of esters is 1. The quantitative estimate of drug-likeness (QED) is 0.396. The number of ether oxygens (including phenoxy) is 1. The summed E-state index contributed by atoms with van der Waals surface area (Å²) in [7, 11) is 1.24. The predicted octanol–water partition coefficient (Wildman–Crippen LogP) is 3.98. The average Bonchev–Trinajstić information content (AvgIpc) is 3.42. The lowest BCUT2D eigenvalue weighted by molar-refractivity contribution is 0.0600. The van der Waals surface area contributed by atoms with Crippen LogP contribution in [0.5, 0.6) is 0 Å². The number of nitrogens with one attached hydrogen (secondary N) is 2. The van der Waals surface area contributed by atoms with Crippen molar-refractivity contribution in [2.75, 3.05) is 12.4 Å².